The van der Waals surface area contributed by atoms with E-state index in [9.17, 15) is 13.9 Å². The number of hydrogen-bond donors (Lipinski definition) is 1. The van der Waals surface area contributed by atoms with Crippen LogP contribution >= 0.6 is 0 Å². The fourth-order valence-electron chi connectivity index (χ4n) is 2.47. The molecule has 3 aromatic rings. The van der Waals surface area contributed by atoms with Crippen LogP contribution in [0.4, 0.5) is 8.78 Å². The zero-order chi connectivity index (χ0) is 16.9. The van der Waals surface area contributed by atoms with Crippen LogP contribution in [0.3, 0.4) is 0 Å². The minimum atomic E-state index is -0.642. The average molecular weight is 326 g/mol. The average Bonchev–Trinajstić information content (AvgIpc) is 2.61. The molecule has 0 saturated carbocycles. The van der Waals surface area contributed by atoms with Gasteiger partial charge in [-0.2, -0.15) is 0 Å². The summed E-state index contributed by atoms with van der Waals surface area (Å²) >= 11 is 0. The summed E-state index contributed by atoms with van der Waals surface area (Å²) in [5.74, 6) is -0.731. The molecule has 3 aromatic carbocycles. The summed E-state index contributed by atoms with van der Waals surface area (Å²) in [5, 5.41) is 9.57. The van der Waals surface area contributed by atoms with Gasteiger partial charge >= 0.3 is 0 Å². The van der Waals surface area contributed by atoms with Gasteiger partial charge in [-0.1, -0.05) is 36.4 Å². The maximum absolute atomic E-state index is 13.9. The van der Waals surface area contributed by atoms with Gasteiger partial charge in [-0.15, -0.1) is 0 Å². The quantitative estimate of drug-likeness (QED) is 0.736. The van der Waals surface area contributed by atoms with Crippen molar-refractivity contribution < 1.29 is 18.6 Å². The van der Waals surface area contributed by atoms with Crippen molar-refractivity contribution in [3.05, 3.63) is 89.5 Å². The predicted octanol–water partition coefficient (Wildman–Crippen LogP) is 4.70. The first kappa shape index (κ1) is 16.1. The van der Waals surface area contributed by atoms with Gasteiger partial charge in [0.15, 0.2) is 0 Å². The molecule has 0 atom stereocenters. The molecule has 2 nitrogen and oxygen atoms in total. The highest BCUT2D eigenvalue weighted by Gasteiger charge is 2.10. The van der Waals surface area contributed by atoms with Crippen LogP contribution in [0, 0.1) is 11.6 Å². The maximum atomic E-state index is 13.9. The van der Waals surface area contributed by atoms with Crippen molar-refractivity contribution in [2.75, 3.05) is 0 Å². The van der Waals surface area contributed by atoms with Gasteiger partial charge in [-0.3, -0.25) is 0 Å². The molecule has 24 heavy (non-hydrogen) atoms. The Morgan fingerprint density at radius 3 is 2.38 bits per heavy atom. The zero-order valence-electron chi connectivity index (χ0n) is 12.9. The van der Waals surface area contributed by atoms with Crippen LogP contribution in [0.5, 0.6) is 5.75 Å². The van der Waals surface area contributed by atoms with E-state index in [1.807, 2.05) is 30.3 Å². The molecule has 0 aliphatic rings. The van der Waals surface area contributed by atoms with Crippen molar-refractivity contribution in [3.8, 4) is 16.9 Å². The second-order valence-corrected chi connectivity index (χ2v) is 5.38. The van der Waals surface area contributed by atoms with Gasteiger partial charge in [0, 0.05) is 17.2 Å². The smallest absolute Gasteiger partial charge is 0.133 e. The molecule has 122 valence electrons. The second-order valence-electron chi connectivity index (χ2n) is 5.38. The van der Waals surface area contributed by atoms with Crippen molar-refractivity contribution in [2.24, 2.45) is 0 Å². The largest absolute Gasteiger partial charge is 0.489 e. The summed E-state index contributed by atoms with van der Waals surface area (Å²) in [5.41, 5.74) is 2.39. The molecule has 0 aliphatic heterocycles. The van der Waals surface area contributed by atoms with Crippen molar-refractivity contribution in [3.63, 3.8) is 0 Å². The minimum Gasteiger partial charge on any atom is -0.489 e. The van der Waals surface area contributed by atoms with Gasteiger partial charge in [0.05, 0.1) is 6.61 Å². The highest BCUT2D eigenvalue weighted by molar-refractivity contribution is 5.66. The number of halogens is 2. The number of aliphatic hydroxyl groups excluding tert-OH is 1. The van der Waals surface area contributed by atoms with Crippen LogP contribution in [0.15, 0.2) is 66.7 Å². The van der Waals surface area contributed by atoms with Gasteiger partial charge < -0.3 is 9.84 Å². The number of ether oxygens (including phenoxy) is 1. The highest BCUT2D eigenvalue weighted by Crippen LogP contribution is 2.29. The van der Waals surface area contributed by atoms with Crippen LogP contribution in [0.2, 0.25) is 0 Å². The summed E-state index contributed by atoms with van der Waals surface area (Å²) < 4.78 is 32.7. The highest BCUT2D eigenvalue weighted by atomic mass is 19.1. The number of hydrogen-bond acceptors (Lipinski definition) is 2. The first-order chi connectivity index (χ1) is 11.7. The van der Waals surface area contributed by atoms with Crippen molar-refractivity contribution >= 4 is 0 Å². The standard InChI is InChI=1S/C20H16F2O2/c21-17-7-8-18(19(22)11-17)15-6-9-20(16(10-15)12-23)24-13-14-4-2-1-3-5-14/h1-11,23H,12-13H2. The summed E-state index contributed by atoms with van der Waals surface area (Å²) in [6.45, 7) is 0.138. The van der Waals surface area contributed by atoms with Crippen LogP contribution < -0.4 is 4.74 Å². The van der Waals surface area contributed by atoms with Crippen molar-refractivity contribution in [2.45, 2.75) is 13.2 Å². The third-order valence-corrected chi connectivity index (χ3v) is 3.71. The molecule has 0 unspecified atom stereocenters. The third kappa shape index (κ3) is 3.60. The molecule has 0 heterocycles. The maximum Gasteiger partial charge on any atom is 0.133 e. The molecule has 0 radical (unpaired) electrons. The molecule has 0 saturated heterocycles. The topological polar surface area (TPSA) is 29.5 Å². The Bertz CT molecular complexity index is 832. The number of benzene rings is 3. The van der Waals surface area contributed by atoms with Crippen LogP contribution in [-0.4, -0.2) is 5.11 Å². The molecule has 0 aliphatic carbocycles. The van der Waals surface area contributed by atoms with E-state index in [0.717, 1.165) is 11.6 Å². The van der Waals surface area contributed by atoms with Gasteiger partial charge in [0.25, 0.3) is 0 Å². The molecule has 0 amide bonds. The lowest BCUT2D eigenvalue weighted by Gasteiger charge is -2.12. The lowest BCUT2D eigenvalue weighted by atomic mass is 10.0. The molecule has 3 rings (SSSR count). The molecule has 0 aromatic heterocycles. The Labute approximate surface area is 139 Å². The van der Waals surface area contributed by atoms with Crippen molar-refractivity contribution in [1.82, 2.24) is 0 Å². The summed E-state index contributed by atoms with van der Waals surface area (Å²) in [6, 6.07) is 18.1. The normalized spacial score (nSPS) is 10.6. The molecule has 0 fully saturated rings. The zero-order valence-corrected chi connectivity index (χ0v) is 12.9. The predicted molar refractivity (Wildman–Crippen MR) is 88.5 cm³/mol. The Balaban J connectivity index is 1.85. The Hall–Kier alpha value is -2.72. The van der Waals surface area contributed by atoms with Gasteiger partial charge in [-0.05, 0) is 35.4 Å². The van der Waals surface area contributed by atoms with Gasteiger partial charge in [-0.25, -0.2) is 8.78 Å². The van der Waals surface area contributed by atoms with E-state index in [-0.39, 0.29) is 12.2 Å². The SMILES string of the molecule is OCc1cc(-c2ccc(F)cc2F)ccc1OCc1ccccc1. The second kappa shape index (κ2) is 7.23. The van der Waals surface area contributed by atoms with Crippen LogP contribution in [-0.2, 0) is 13.2 Å². The Kier molecular flexibility index (Phi) is 4.87. The van der Waals surface area contributed by atoms with E-state index < -0.39 is 11.6 Å². The third-order valence-electron chi connectivity index (χ3n) is 3.71. The number of aliphatic hydroxyl groups is 1. The Morgan fingerprint density at radius 1 is 0.875 bits per heavy atom. The first-order valence-electron chi connectivity index (χ1n) is 7.53. The molecule has 1 N–H and O–H groups in total. The van der Waals surface area contributed by atoms with Gasteiger partial charge in [0.2, 0.25) is 0 Å². The van der Waals surface area contributed by atoms with E-state index in [2.05, 4.69) is 0 Å². The lowest BCUT2D eigenvalue weighted by Crippen LogP contribution is -1.99. The molecule has 0 spiro atoms. The fourth-order valence-corrected chi connectivity index (χ4v) is 2.47. The summed E-state index contributed by atoms with van der Waals surface area (Å²) in [7, 11) is 0. The lowest BCUT2D eigenvalue weighted by molar-refractivity contribution is 0.259. The van der Waals surface area contributed by atoms with E-state index in [4.69, 9.17) is 4.74 Å². The Morgan fingerprint density at radius 2 is 1.67 bits per heavy atom. The fraction of sp³-hybridized carbons (Fsp3) is 0.100. The monoisotopic (exact) mass is 326 g/mol. The minimum absolute atomic E-state index is 0.235. The van der Waals surface area contributed by atoms with Gasteiger partial charge in [0.1, 0.15) is 24.0 Å². The molecular formula is C20H16F2O2. The molecule has 4 heteroatoms. The van der Waals surface area contributed by atoms with Crippen LogP contribution in [0.1, 0.15) is 11.1 Å². The molecule has 0 bridgehead atoms. The van der Waals surface area contributed by atoms with Crippen LogP contribution in [0.25, 0.3) is 11.1 Å². The van der Waals surface area contributed by atoms with E-state index in [0.29, 0.717) is 23.5 Å². The first-order valence-corrected chi connectivity index (χ1v) is 7.53. The van der Waals surface area contributed by atoms with E-state index in [1.165, 1.54) is 12.1 Å². The summed E-state index contributed by atoms with van der Waals surface area (Å²) in [6.07, 6.45) is 0. The van der Waals surface area contributed by atoms with E-state index in [1.54, 1.807) is 18.2 Å². The van der Waals surface area contributed by atoms with E-state index >= 15 is 0 Å². The number of rotatable bonds is 5. The molecular weight excluding hydrogens is 310 g/mol. The summed E-state index contributed by atoms with van der Waals surface area (Å²) in [4.78, 5) is 0. The van der Waals surface area contributed by atoms with Crippen molar-refractivity contribution in [1.29, 1.82) is 0 Å².